The van der Waals surface area contributed by atoms with Crippen molar-refractivity contribution in [3.63, 3.8) is 0 Å². The Morgan fingerprint density at radius 3 is 2.68 bits per heavy atom. The summed E-state index contributed by atoms with van der Waals surface area (Å²) >= 11 is 0. The van der Waals surface area contributed by atoms with Crippen molar-refractivity contribution >= 4 is 17.4 Å². The van der Waals surface area contributed by atoms with Crippen molar-refractivity contribution in [1.82, 2.24) is 0 Å². The molecule has 1 amide bonds. The predicted octanol–water partition coefficient (Wildman–Crippen LogP) is 3.80. The van der Waals surface area contributed by atoms with E-state index in [0.717, 1.165) is 17.7 Å². The molecule has 2 aromatic rings. The van der Waals surface area contributed by atoms with Crippen LogP contribution in [0.5, 0.6) is 17.2 Å². The van der Waals surface area contributed by atoms with Gasteiger partial charge in [-0.25, -0.2) is 0 Å². The van der Waals surface area contributed by atoms with Gasteiger partial charge in [0.05, 0.1) is 25.8 Å². The van der Waals surface area contributed by atoms with Gasteiger partial charge in [-0.2, -0.15) is 0 Å². The molecule has 0 spiro atoms. The van der Waals surface area contributed by atoms with E-state index < -0.39 is 0 Å². The van der Waals surface area contributed by atoms with Crippen molar-refractivity contribution in [2.24, 2.45) is 0 Å². The van der Waals surface area contributed by atoms with E-state index in [0.29, 0.717) is 34.9 Å². The van der Waals surface area contributed by atoms with Gasteiger partial charge >= 0.3 is 0 Å². The van der Waals surface area contributed by atoms with Crippen LogP contribution in [0.1, 0.15) is 42.3 Å². The zero-order chi connectivity index (χ0) is 20.3. The Kier molecular flexibility index (Phi) is 5.87. The van der Waals surface area contributed by atoms with Gasteiger partial charge in [0.2, 0.25) is 5.91 Å². The Morgan fingerprint density at radius 1 is 1.21 bits per heavy atom. The van der Waals surface area contributed by atoms with Crippen LogP contribution in [-0.4, -0.2) is 31.5 Å². The molecule has 0 bridgehead atoms. The van der Waals surface area contributed by atoms with Crippen LogP contribution in [0.2, 0.25) is 0 Å². The summed E-state index contributed by atoms with van der Waals surface area (Å²) < 4.78 is 16.8. The topological polar surface area (TPSA) is 73.9 Å². The highest BCUT2D eigenvalue weighted by atomic mass is 16.5. The lowest BCUT2D eigenvalue weighted by atomic mass is 10.0. The third kappa shape index (κ3) is 4.27. The number of ketones is 1. The Hall–Kier alpha value is -3.02. The maximum absolute atomic E-state index is 12.7. The molecule has 1 heterocycles. The van der Waals surface area contributed by atoms with Crippen LogP contribution in [0.25, 0.3) is 0 Å². The van der Waals surface area contributed by atoms with Crippen LogP contribution >= 0.6 is 0 Å². The summed E-state index contributed by atoms with van der Waals surface area (Å²) in [6.07, 6.45) is 0.997. The fourth-order valence-corrected chi connectivity index (χ4v) is 3.32. The first-order valence-electron chi connectivity index (χ1n) is 9.35. The fourth-order valence-electron chi connectivity index (χ4n) is 3.32. The lowest BCUT2D eigenvalue weighted by Gasteiger charge is -2.14. The molecular weight excluding hydrogens is 358 g/mol. The van der Waals surface area contributed by atoms with Gasteiger partial charge in [-0.1, -0.05) is 0 Å². The molecule has 3 rings (SSSR count). The molecule has 6 heteroatoms. The van der Waals surface area contributed by atoms with Crippen LogP contribution < -0.4 is 19.5 Å². The first-order valence-corrected chi connectivity index (χ1v) is 9.35. The van der Waals surface area contributed by atoms with Crippen LogP contribution in [-0.2, 0) is 17.6 Å². The number of amides is 1. The molecular formula is C22H25NO5. The number of anilines is 1. The highest BCUT2D eigenvalue weighted by Crippen LogP contribution is 2.38. The molecule has 1 aliphatic heterocycles. The average molecular weight is 383 g/mol. The van der Waals surface area contributed by atoms with Gasteiger partial charge in [-0.3, -0.25) is 9.59 Å². The summed E-state index contributed by atoms with van der Waals surface area (Å²) in [5.74, 6) is 1.66. The van der Waals surface area contributed by atoms with Crippen LogP contribution in [0, 0.1) is 0 Å². The molecule has 0 aromatic heterocycles. The molecule has 1 atom stereocenters. The summed E-state index contributed by atoms with van der Waals surface area (Å²) in [7, 11) is 1.54. The lowest BCUT2D eigenvalue weighted by molar-refractivity contribution is -0.115. The lowest BCUT2D eigenvalue weighted by Crippen LogP contribution is -2.16. The highest BCUT2D eigenvalue weighted by Gasteiger charge is 2.23. The van der Waals surface area contributed by atoms with Gasteiger partial charge < -0.3 is 19.5 Å². The van der Waals surface area contributed by atoms with Gasteiger partial charge in [0, 0.05) is 29.2 Å². The minimum absolute atomic E-state index is 0.0622. The van der Waals surface area contributed by atoms with Crippen LogP contribution in [0.4, 0.5) is 5.69 Å². The summed E-state index contributed by atoms with van der Waals surface area (Å²) in [4.78, 5) is 24.4. The van der Waals surface area contributed by atoms with E-state index in [1.807, 2.05) is 26.0 Å². The van der Waals surface area contributed by atoms with Crippen molar-refractivity contribution in [3.8, 4) is 17.2 Å². The van der Waals surface area contributed by atoms with Gasteiger partial charge in [0.1, 0.15) is 23.4 Å². The summed E-state index contributed by atoms with van der Waals surface area (Å²) in [5, 5.41) is 2.90. The SMILES string of the molecule is CCOc1cc2c(cc1NC(=O)Cc1cc(C(C)=O)ccc1OC)OC(C)C2. The second-order valence-corrected chi connectivity index (χ2v) is 6.83. The molecule has 28 heavy (non-hydrogen) atoms. The molecule has 0 saturated carbocycles. The van der Waals surface area contributed by atoms with E-state index in [1.54, 1.807) is 18.2 Å². The minimum Gasteiger partial charge on any atom is -0.496 e. The van der Waals surface area contributed by atoms with E-state index in [1.165, 1.54) is 14.0 Å². The van der Waals surface area contributed by atoms with Crippen molar-refractivity contribution in [2.45, 2.75) is 39.7 Å². The Bertz CT molecular complexity index is 906. The zero-order valence-electron chi connectivity index (χ0n) is 16.6. The van der Waals surface area contributed by atoms with Gasteiger partial charge in [0.15, 0.2) is 5.78 Å². The number of methoxy groups -OCH3 is 1. The molecule has 0 radical (unpaired) electrons. The molecule has 1 unspecified atom stereocenters. The Morgan fingerprint density at radius 2 is 2.00 bits per heavy atom. The van der Waals surface area contributed by atoms with Crippen molar-refractivity contribution < 1.29 is 23.8 Å². The van der Waals surface area contributed by atoms with Gasteiger partial charge in [-0.05, 0) is 45.0 Å². The van der Waals surface area contributed by atoms with Gasteiger partial charge in [0.25, 0.3) is 0 Å². The Balaban J connectivity index is 1.83. The number of benzene rings is 2. The normalized spacial score (nSPS) is 14.8. The third-order valence-electron chi connectivity index (χ3n) is 4.61. The number of nitrogens with one attached hydrogen (secondary N) is 1. The van der Waals surface area contributed by atoms with E-state index >= 15 is 0 Å². The molecule has 0 saturated heterocycles. The highest BCUT2D eigenvalue weighted by molar-refractivity contribution is 5.96. The third-order valence-corrected chi connectivity index (χ3v) is 4.61. The average Bonchev–Trinajstić information content (AvgIpc) is 3.00. The smallest absolute Gasteiger partial charge is 0.229 e. The fraction of sp³-hybridized carbons (Fsp3) is 0.364. The van der Waals surface area contributed by atoms with Crippen molar-refractivity contribution in [3.05, 3.63) is 47.0 Å². The first-order chi connectivity index (χ1) is 13.4. The number of carbonyl (C=O) groups excluding carboxylic acids is 2. The van der Waals surface area contributed by atoms with E-state index in [-0.39, 0.29) is 24.2 Å². The maximum atomic E-state index is 12.7. The van der Waals surface area contributed by atoms with Gasteiger partial charge in [-0.15, -0.1) is 0 Å². The molecule has 1 N–H and O–H groups in total. The maximum Gasteiger partial charge on any atom is 0.229 e. The predicted molar refractivity (Wildman–Crippen MR) is 107 cm³/mol. The number of carbonyl (C=O) groups is 2. The van der Waals surface area contributed by atoms with Crippen molar-refractivity contribution in [1.29, 1.82) is 0 Å². The van der Waals surface area contributed by atoms with E-state index in [9.17, 15) is 9.59 Å². The minimum atomic E-state index is -0.231. The summed E-state index contributed by atoms with van der Waals surface area (Å²) in [6.45, 7) is 5.89. The number of Topliss-reactive ketones (excluding diaryl/α,β-unsaturated/α-hetero) is 1. The number of hydrogen-bond acceptors (Lipinski definition) is 5. The first kappa shape index (κ1) is 19.7. The second-order valence-electron chi connectivity index (χ2n) is 6.83. The van der Waals surface area contributed by atoms with E-state index in [2.05, 4.69) is 5.32 Å². The summed E-state index contributed by atoms with van der Waals surface area (Å²) in [5.41, 5.74) is 2.83. The Labute approximate surface area is 164 Å². The molecule has 148 valence electrons. The molecule has 0 fully saturated rings. The zero-order valence-corrected chi connectivity index (χ0v) is 16.6. The number of ether oxygens (including phenoxy) is 3. The standard InChI is InChI=1S/C22H25NO5/c1-5-27-21-10-16-8-13(2)28-20(16)12-18(21)23-22(25)11-17-9-15(14(3)24)6-7-19(17)26-4/h6-7,9-10,12-13H,5,8,11H2,1-4H3,(H,23,25). The number of hydrogen-bond donors (Lipinski definition) is 1. The number of fused-ring (bicyclic) bond motifs is 1. The van der Waals surface area contributed by atoms with Crippen molar-refractivity contribution in [2.75, 3.05) is 19.0 Å². The summed E-state index contributed by atoms with van der Waals surface area (Å²) in [6, 6.07) is 8.82. The molecule has 2 aromatic carbocycles. The quantitative estimate of drug-likeness (QED) is 0.736. The number of rotatable bonds is 7. The molecule has 6 nitrogen and oxygen atoms in total. The second kappa shape index (κ2) is 8.33. The molecule has 1 aliphatic rings. The monoisotopic (exact) mass is 383 g/mol. The molecule has 0 aliphatic carbocycles. The van der Waals surface area contributed by atoms with Crippen LogP contribution in [0.3, 0.4) is 0 Å². The largest absolute Gasteiger partial charge is 0.496 e. The van der Waals surface area contributed by atoms with Crippen LogP contribution in [0.15, 0.2) is 30.3 Å². The van der Waals surface area contributed by atoms with E-state index in [4.69, 9.17) is 14.2 Å².